The summed E-state index contributed by atoms with van der Waals surface area (Å²) >= 11 is 0. The maximum atomic E-state index is 9.14. The molecule has 0 unspecified atom stereocenters. The number of hydrogen-bond donors (Lipinski definition) is 2. The van der Waals surface area contributed by atoms with Crippen LogP contribution in [0.3, 0.4) is 0 Å². The average molecular weight is 244 g/mol. The van der Waals surface area contributed by atoms with E-state index in [1.54, 1.807) is 0 Å². The molecule has 0 fully saturated rings. The van der Waals surface area contributed by atoms with Crippen LogP contribution in [-0.2, 0) is 6.61 Å². The van der Waals surface area contributed by atoms with Crippen LogP contribution in [-0.4, -0.2) is 25.9 Å². The lowest BCUT2D eigenvalue weighted by Crippen LogP contribution is -2.31. The van der Waals surface area contributed by atoms with Gasteiger partial charge in [0.2, 0.25) is 5.95 Å². The van der Waals surface area contributed by atoms with Crippen molar-refractivity contribution in [3.05, 3.63) is 41.7 Å². The minimum Gasteiger partial charge on any atom is -0.388 e. The fraction of sp³-hybridized carbons (Fsp3) is 0.385. The molecule has 0 saturated carbocycles. The van der Waals surface area contributed by atoms with Gasteiger partial charge in [0.15, 0.2) is 5.82 Å². The van der Waals surface area contributed by atoms with Crippen LogP contribution in [0.5, 0.6) is 0 Å². The van der Waals surface area contributed by atoms with Gasteiger partial charge < -0.3 is 10.4 Å². The number of hydrogen-bond acceptors (Lipinski definition) is 4. The molecule has 0 spiro atoms. The molecule has 0 saturated heterocycles. The second-order valence-corrected chi connectivity index (χ2v) is 4.66. The number of anilines is 1. The largest absolute Gasteiger partial charge is 0.388 e. The van der Waals surface area contributed by atoms with Crippen LogP contribution in [0.4, 0.5) is 5.95 Å². The summed E-state index contributed by atoms with van der Waals surface area (Å²) in [6.45, 7) is 2.00. The van der Waals surface area contributed by atoms with E-state index in [4.69, 9.17) is 5.11 Å². The Morgan fingerprint density at radius 2 is 2.17 bits per heavy atom. The third kappa shape index (κ3) is 1.86. The highest BCUT2D eigenvalue weighted by Crippen LogP contribution is 2.30. The molecule has 2 heterocycles. The van der Waals surface area contributed by atoms with Gasteiger partial charge in [-0.05, 0) is 18.9 Å². The lowest BCUT2D eigenvalue weighted by Gasteiger charge is -2.29. The van der Waals surface area contributed by atoms with Crippen LogP contribution < -0.4 is 5.32 Å². The summed E-state index contributed by atoms with van der Waals surface area (Å²) in [6, 6.07) is 10.8. The molecular weight excluding hydrogens is 228 g/mol. The first kappa shape index (κ1) is 11.2. The Morgan fingerprint density at radius 1 is 1.39 bits per heavy atom. The molecule has 5 heteroatoms. The zero-order chi connectivity index (χ0) is 12.5. The minimum absolute atomic E-state index is 0.127. The molecule has 0 bridgehead atoms. The van der Waals surface area contributed by atoms with Crippen molar-refractivity contribution < 1.29 is 5.11 Å². The zero-order valence-electron chi connectivity index (χ0n) is 10.2. The molecular formula is C13H16N4O. The predicted octanol–water partition coefficient (Wildman–Crippen LogP) is 1.56. The molecule has 2 N–H and O–H groups in total. The van der Waals surface area contributed by atoms with Crippen LogP contribution in [0.15, 0.2) is 30.3 Å². The first-order valence-electron chi connectivity index (χ1n) is 6.15. The first-order chi connectivity index (χ1) is 8.78. The van der Waals surface area contributed by atoms with E-state index in [0.29, 0.717) is 11.9 Å². The molecule has 94 valence electrons. The highest BCUT2D eigenvalue weighted by atomic mass is 16.3. The topological polar surface area (TPSA) is 63.0 Å². The highest BCUT2D eigenvalue weighted by Gasteiger charge is 2.27. The van der Waals surface area contributed by atoms with E-state index < -0.39 is 0 Å². The number of nitrogens with zero attached hydrogens (tertiary/aromatic N) is 3. The van der Waals surface area contributed by atoms with Crippen molar-refractivity contribution in [2.24, 2.45) is 0 Å². The van der Waals surface area contributed by atoms with Gasteiger partial charge in [-0.1, -0.05) is 30.3 Å². The van der Waals surface area contributed by atoms with E-state index in [2.05, 4.69) is 34.5 Å². The van der Waals surface area contributed by atoms with Crippen molar-refractivity contribution in [2.75, 3.05) is 5.32 Å². The van der Waals surface area contributed by atoms with Crippen LogP contribution >= 0.6 is 0 Å². The molecule has 1 aromatic heterocycles. The summed E-state index contributed by atoms with van der Waals surface area (Å²) in [5.41, 5.74) is 1.22. The van der Waals surface area contributed by atoms with Crippen molar-refractivity contribution in [3.8, 4) is 0 Å². The van der Waals surface area contributed by atoms with Gasteiger partial charge in [-0.25, -0.2) is 4.68 Å². The zero-order valence-corrected chi connectivity index (χ0v) is 10.2. The molecule has 5 nitrogen and oxygen atoms in total. The maximum Gasteiger partial charge on any atom is 0.222 e. The van der Waals surface area contributed by atoms with Gasteiger partial charge in [0.1, 0.15) is 6.61 Å². The van der Waals surface area contributed by atoms with Gasteiger partial charge in [0, 0.05) is 6.04 Å². The minimum atomic E-state index is -0.127. The summed E-state index contributed by atoms with van der Waals surface area (Å²) in [5, 5.41) is 16.8. The molecule has 3 rings (SSSR count). The SMILES string of the molecule is C[C@@H]1C[C@H](c2ccccc2)n2nc(CO)nc2N1. The fourth-order valence-corrected chi connectivity index (χ4v) is 2.42. The lowest BCUT2D eigenvalue weighted by atomic mass is 9.99. The van der Waals surface area contributed by atoms with E-state index in [9.17, 15) is 0 Å². The number of aliphatic hydroxyl groups is 1. The second-order valence-electron chi connectivity index (χ2n) is 4.66. The Balaban J connectivity index is 2.04. The Kier molecular flexibility index (Phi) is 2.76. The lowest BCUT2D eigenvalue weighted by molar-refractivity contribution is 0.270. The molecule has 0 radical (unpaired) electrons. The molecule has 0 aliphatic carbocycles. The van der Waals surface area contributed by atoms with E-state index in [1.807, 2.05) is 22.9 Å². The first-order valence-corrected chi connectivity index (χ1v) is 6.15. The van der Waals surface area contributed by atoms with Gasteiger partial charge in [0.05, 0.1) is 6.04 Å². The smallest absolute Gasteiger partial charge is 0.222 e. The summed E-state index contributed by atoms with van der Waals surface area (Å²) < 4.78 is 1.88. The van der Waals surface area contributed by atoms with Gasteiger partial charge in [-0.15, -0.1) is 0 Å². The number of fused-ring (bicyclic) bond motifs is 1. The standard InChI is InChI=1S/C13H16N4O/c1-9-7-11(10-5-3-2-4-6-10)17-13(14-9)15-12(8-18)16-17/h2-6,9,11,18H,7-8H2,1H3,(H,14,15,16)/t9-,11-/m1/s1. The summed E-state index contributed by atoms with van der Waals surface area (Å²) in [4.78, 5) is 4.29. The van der Waals surface area contributed by atoms with Crippen LogP contribution in [0, 0.1) is 0 Å². The number of aliphatic hydroxyl groups excluding tert-OH is 1. The fourth-order valence-electron chi connectivity index (χ4n) is 2.42. The summed E-state index contributed by atoms with van der Waals surface area (Å²) in [7, 11) is 0. The highest BCUT2D eigenvalue weighted by molar-refractivity contribution is 5.34. The average Bonchev–Trinajstić information content (AvgIpc) is 2.81. The van der Waals surface area contributed by atoms with E-state index in [-0.39, 0.29) is 12.6 Å². The maximum absolute atomic E-state index is 9.14. The number of aromatic nitrogens is 3. The number of nitrogens with one attached hydrogen (secondary N) is 1. The van der Waals surface area contributed by atoms with Crippen molar-refractivity contribution in [1.29, 1.82) is 0 Å². The number of rotatable bonds is 2. The van der Waals surface area contributed by atoms with E-state index >= 15 is 0 Å². The van der Waals surface area contributed by atoms with Crippen LogP contribution in [0.1, 0.15) is 30.8 Å². The Labute approximate surface area is 105 Å². The Morgan fingerprint density at radius 3 is 2.89 bits per heavy atom. The molecule has 1 aliphatic heterocycles. The van der Waals surface area contributed by atoms with Gasteiger partial charge >= 0.3 is 0 Å². The summed E-state index contributed by atoms with van der Waals surface area (Å²) in [5.74, 6) is 1.21. The molecule has 0 amide bonds. The quantitative estimate of drug-likeness (QED) is 0.841. The predicted molar refractivity (Wildman–Crippen MR) is 68.2 cm³/mol. The van der Waals surface area contributed by atoms with Crippen LogP contribution in [0.2, 0.25) is 0 Å². The van der Waals surface area contributed by atoms with Crippen molar-refractivity contribution >= 4 is 5.95 Å². The Hall–Kier alpha value is -1.88. The van der Waals surface area contributed by atoms with Gasteiger partial charge in [0.25, 0.3) is 0 Å². The van der Waals surface area contributed by atoms with Crippen LogP contribution in [0.25, 0.3) is 0 Å². The molecule has 1 aromatic carbocycles. The van der Waals surface area contributed by atoms with Gasteiger partial charge in [-0.2, -0.15) is 10.1 Å². The summed E-state index contributed by atoms with van der Waals surface area (Å²) in [6.07, 6.45) is 0.964. The molecule has 2 aromatic rings. The Bertz CT molecular complexity index is 537. The van der Waals surface area contributed by atoms with Gasteiger partial charge in [-0.3, -0.25) is 0 Å². The van der Waals surface area contributed by atoms with E-state index in [1.165, 1.54) is 5.56 Å². The molecule has 2 atom stereocenters. The monoisotopic (exact) mass is 244 g/mol. The van der Waals surface area contributed by atoms with Crippen molar-refractivity contribution in [2.45, 2.75) is 32.0 Å². The molecule has 1 aliphatic rings. The third-order valence-electron chi connectivity index (χ3n) is 3.25. The number of benzene rings is 1. The normalized spacial score (nSPS) is 22.3. The molecule has 18 heavy (non-hydrogen) atoms. The second kappa shape index (κ2) is 4.42. The van der Waals surface area contributed by atoms with Crippen molar-refractivity contribution in [3.63, 3.8) is 0 Å². The van der Waals surface area contributed by atoms with Crippen molar-refractivity contribution in [1.82, 2.24) is 14.8 Å². The van der Waals surface area contributed by atoms with E-state index in [0.717, 1.165) is 12.4 Å². The third-order valence-corrected chi connectivity index (χ3v) is 3.25.